The Labute approximate surface area is 180 Å². The topological polar surface area (TPSA) is 23.8 Å². The van der Waals surface area contributed by atoms with Gasteiger partial charge in [0.05, 0.1) is 0 Å². The molecule has 0 N–H and O–H groups in total. The van der Waals surface area contributed by atoms with Gasteiger partial charge in [-0.15, -0.1) is 0 Å². The van der Waals surface area contributed by atoms with Crippen molar-refractivity contribution in [3.05, 3.63) is 59.7 Å². The van der Waals surface area contributed by atoms with Crippen LogP contribution in [0.2, 0.25) is 0 Å². The first-order chi connectivity index (χ1) is 14.5. The van der Waals surface area contributed by atoms with Crippen molar-refractivity contribution in [1.82, 2.24) is 0 Å². The van der Waals surface area contributed by atoms with Gasteiger partial charge in [-0.1, -0.05) is 94.0 Å². The quantitative estimate of drug-likeness (QED) is 0.380. The van der Waals surface area contributed by atoms with Crippen molar-refractivity contribution in [3.63, 3.8) is 0 Å². The van der Waals surface area contributed by atoms with Gasteiger partial charge in [0.2, 0.25) is 0 Å². The van der Waals surface area contributed by atoms with Crippen molar-refractivity contribution < 1.29 is 8.78 Å². The summed E-state index contributed by atoms with van der Waals surface area (Å²) in [5.74, 6) is -1.88. The minimum atomic E-state index is -3.43. The third-order valence-electron chi connectivity index (χ3n) is 6.67. The average Bonchev–Trinajstić information content (AvgIpc) is 2.79. The van der Waals surface area contributed by atoms with Crippen LogP contribution in [-0.2, 0) is 5.92 Å². The maximum absolute atomic E-state index is 13.5. The Kier molecular flexibility index (Phi) is 8.02. The summed E-state index contributed by atoms with van der Waals surface area (Å²) in [6, 6.07) is 15.6. The normalized spacial score (nSPS) is 19.4. The first-order valence-corrected chi connectivity index (χ1v) is 11.5. The lowest BCUT2D eigenvalue weighted by molar-refractivity contribution is 0.0613. The molecule has 1 saturated carbocycles. The van der Waals surface area contributed by atoms with Gasteiger partial charge in [0.25, 0.3) is 0 Å². The highest BCUT2D eigenvalue weighted by Crippen LogP contribution is 2.38. The second-order valence-electron chi connectivity index (χ2n) is 8.81. The van der Waals surface area contributed by atoms with Gasteiger partial charge in [0, 0.05) is 5.56 Å². The van der Waals surface area contributed by atoms with Crippen molar-refractivity contribution in [2.24, 2.45) is 5.92 Å². The smallest absolute Gasteiger partial charge is 0.191 e. The van der Waals surface area contributed by atoms with Crippen LogP contribution in [0.4, 0.5) is 8.78 Å². The van der Waals surface area contributed by atoms with Gasteiger partial charge in [0.1, 0.15) is 6.07 Å². The molecule has 1 fully saturated rings. The Morgan fingerprint density at radius 3 is 1.97 bits per heavy atom. The summed E-state index contributed by atoms with van der Waals surface area (Å²) in [7, 11) is 0. The van der Waals surface area contributed by atoms with Crippen LogP contribution in [0.15, 0.2) is 48.5 Å². The van der Waals surface area contributed by atoms with E-state index in [2.05, 4.69) is 31.2 Å². The van der Waals surface area contributed by atoms with Crippen LogP contribution in [0.25, 0.3) is 11.1 Å². The van der Waals surface area contributed by atoms with Gasteiger partial charge in [0.15, 0.2) is 0 Å². The third kappa shape index (κ3) is 5.91. The standard InChI is InChI=1S/C27H33F2N/c1-2-3-4-5-6-7-21-8-10-22(11-9-21)23-12-14-24(15-13-23)25-16-18-26(19-17-25)27(28,29)20-30/h12-19,21-22H,2-11H2,1H3/t21-,22-. The van der Waals surface area contributed by atoms with E-state index in [0.717, 1.165) is 23.1 Å². The second kappa shape index (κ2) is 10.7. The zero-order valence-corrected chi connectivity index (χ0v) is 18.0. The Morgan fingerprint density at radius 2 is 1.40 bits per heavy atom. The average molecular weight is 410 g/mol. The Hall–Kier alpha value is -2.21. The highest BCUT2D eigenvalue weighted by Gasteiger charge is 2.30. The second-order valence-corrected chi connectivity index (χ2v) is 8.81. The van der Waals surface area contributed by atoms with Gasteiger partial charge in [-0.05, 0) is 54.2 Å². The fourth-order valence-corrected chi connectivity index (χ4v) is 4.71. The number of nitrogens with zero attached hydrogens (tertiary/aromatic N) is 1. The molecule has 30 heavy (non-hydrogen) atoms. The first-order valence-electron chi connectivity index (χ1n) is 11.5. The molecule has 0 atom stereocenters. The van der Waals surface area contributed by atoms with Crippen LogP contribution in [0.3, 0.4) is 0 Å². The molecular formula is C27H33F2N. The number of hydrogen-bond donors (Lipinski definition) is 0. The van der Waals surface area contributed by atoms with Crippen molar-refractivity contribution in [1.29, 1.82) is 5.26 Å². The van der Waals surface area contributed by atoms with E-state index >= 15 is 0 Å². The minimum Gasteiger partial charge on any atom is -0.191 e. The molecule has 0 saturated heterocycles. The van der Waals surface area contributed by atoms with Gasteiger partial charge in [-0.3, -0.25) is 0 Å². The van der Waals surface area contributed by atoms with Gasteiger partial charge >= 0.3 is 5.92 Å². The maximum Gasteiger partial charge on any atom is 0.357 e. The van der Waals surface area contributed by atoms with E-state index in [1.165, 1.54) is 81.9 Å². The fraction of sp³-hybridized carbons (Fsp3) is 0.519. The summed E-state index contributed by atoms with van der Waals surface area (Å²) < 4.78 is 26.9. The largest absolute Gasteiger partial charge is 0.357 e. The molecule has 0 spiro atoms. The Morgan fingerprint density at radius 1 is 0.833 bits per heavy atom. The molecule has 0 amide bonds. The SMILES string of the molecule is CCCCCCC[C@H]1CC[C@H](c2ccc(-c3ccc(C(F)(F)C#N)cc3)cc2)CC1. The number of benzene rings is 2. The monoisotopic (exact) mass is 409 g/mol. The van der Waals surface area contributed by atoms with Crippen LogP contribution in [0, 0.1) is 17.2 Å². The molecule has 2 aromatic rings. The zero-order valence-electron chi connectivity index (χ0n) is 18.0. The predicted molar refractivity (Wildman–Crippen MR) is 119 cm³/mol. The van der Waals surface area contributed by atoms with Crippen molar-refractivity contribution >= 4 is 0 Å². The number of nitriles is 1. The summed E-state index contributed by atoms with van der Waals surface area (Å²) >= 11 is 0. The van der Waals surface area contributed by atoms with Crippen LogP contribution >= 0.6 is 0 Å². The third-order valence-corrected chi connectivity index (χ3v) is 6.67. The molecule has 3 heteroatoms. The summed E-state index contributed by atoms with van der Waals surface area (Å²) in [6.07, 6.45) is 13.5. The number of halogens is 2. The molecule has 0 radical (unpaired) electrons. The molecule has 3 rings (SSSR count). The predicted octanol–water partition coefficient (Wildman–Crippen LogP) is 8.60. The Balaban J connectivity index is 1.51. The lowest BCUT2D eigenvalue weighted by Crippen LogP contribution is -2.13. The number of rotatable bonds is 9. The molecule has 1 nitrogen and oxygen atoms in total. The molecule has 0 bridgehead atoms. The van der Waals surface area contributed by atoms with E-state index < -0.39 is 5.92 Å². The molecule has 0 aromatic heterocycles. The highest BCUT2D eigenvalue weighted by molar-refractivity contribution is 5.64. The molecule has 1 aliphatic rings. The summed E-state index contributed by atoms with van der Waals surface area (Å²) in [4.78, 5) is 0. The van der Waals surface area contributed by atoms with E-state index in [4.69, 9.17) is 5.26 Å². The van der Waals surface area contributed by atoms with Crippen LogP contribution < -0.4 is 0 Å². The summed E-state index contributed by atoms with van der Waals surface area (Å²) in [5, 5.41) is 8.58. The van der Waals surface area contributed by atoms with Gasteiger partial charge in [-0.2, -0.15) is 14.0 Å². The van der Waals surface area contributed by atoms with Gasteiger partial charge < -0.3 is 0 Å². The van der Waals surface area contributed by atoms with Crippen molar-refractivity contribution in [3.8, 4) is 17.2 Å². The minimum absolute atomic E-state index is 0.257. The lowest BCUT2D eigenvalue weighted by atomic mass is 9.77. The fourth-order valence-electron chi connectivity index (χ4n) is 4.71. The summed E-state index contributed by atoms with van der Waals surface area (Å²) in [6.45, 7) is 2.27. The van der Waals surface area contributed by atoms with Crippen LogP contribution in [0.5, 0.6) is 0 Å². The summed E-state index contributed by atoms with van der Waals surface area (Å²) in [5.41, 5.74) is 3.05. The molecule has 2 aromatic carbocycles. The molecule has 0 heterocycles. The molecule has 1 aliphatic carbocycles. The van der Waals surface area contributed by atoms with Gasteiger partial charge in [-0.25, -0.2) is 0 Å². The molecule has 0 aliphatic heterocycles. The van der Waals surface area contributed by atoms with Crippen molar-refractivity contribution in [2.45, 2.75) is 83.0 Å². The number of hydrogen-bond acceptors (Lipinski definition) is 1. The number of unbranched alkanes of at least 4 members (excludes halogenated alkanes) is 4. The highest BCUT2D eigenvalue weighted by atomic mass is 19.3. The van der Waals surface area contributed by atoms with E-state index in [-0.39, 0.29) is 5.56 Å². The van der Waals surface area contributed by atoms with Crippen LogP contribution in [0.1, 0.15) is 88.2 Å². The molecule has 160 valence electrons. The van der Waals surface area contributed by atoms with E-state index in [1.54, 1.807) is 12.1 Å². The first kappa shape index (κ1) is 22.5. The zero-order chi connectivity index (χ0) is 21.4. The number of alkyl halides is 2. The van der Waals surface area contributed by atoms with E-state index in [9.17, 15) is 8.78 Å². The van der Waals surface area contributed by atoms with Crippen LogP contribution in [-0.4, -0.2) is 0 Å². The van der Waals surface area contributed by atoms with E-state index in [1.807, 2.05) is 0 Å². The van der Waals surface area contributed by atoms with E-state index in [0.29, 0.717) is 5.92 Å². The molecular weight excluding hydrogens is 376 g/mol. The Bertz CT molecular complexity index is 809. The molecule has 0 unspecified atom stereocenters. The lowest BCUT2D eigenvalue weighted by Gasteiger charge is -2.29. The maximum atomic E-state index is 13.5. The van der Waals surface area contributed by atoms with Crippen molar-refractivity contribution in [2.75, 3.05) is 0 Å².